The molecule has 3 aliphatic rings. The molecule has 0 unspecified atom stereocenters. The zero-order valence-corrected chi connectivity index (χ0v) is 17.9. The normalized spacial score (nSPS) is 32.6. The van der Waals surface area contributed by atoms with Crippen LogP contribution in [0.4, 0.5) is 0 Å². The third-order valence-corrected chi connectivity index (χ3v) is 7.09. The lowest BCUT2D eigenvalue weighted by atomic mass is 9.47. The highest BCUT2D eigenvalue weighted by Crippen LogP contribution is 2.62. The zero-order valence-electron chi connectivity index (χ0n) is 17.9. The van der Waals surface area contributed by atoms with E-state index in [1.165, 1.54) is 7.11 Å². The molecule has 4 rings (SSSR count). The Morgan fingerprint density at radius 3 is 2.48 bits per heavy atom. The van der Waals surface area contributed by atoms with Crippen LogP contribution in [0.3, 0.4) is 0 Å². The summed E-state index contributed by atoms with van der Waals surface area (Å²) in [7, 11) is 3.03. The van der Waals surface area contributed by atoms with Crippen LogP contribution in [0.1, 0.15) is 49.8 Å². The number of fused-ring (bicyclic) bond motifs is 3. The Balaban J connectivity index is 1.92. The van der Waals surface area contributed by atoms with E-state index in [0.717, 1.165) is 22.4 Å². The highest BCUT2D eigenvalue weighted by Gasteiger charge is 2.64. The number of Topliss-reactive ketones (excluding diaryl/α,β-unsaturated/α-hetero) is 1. The van der Waals surface area contributed by atoms with E-state index in [2.05, 4.69) is 13.0 Å². The second-order valence-electron chi connectivity index (χ2n) is 9.35. The summed E-state index contributed by atoms with van der Waals surface area (Å²) >= 11 is 0. The van der Waals surface area contributed by atoms with Gasteiger partial charge in [-0.25, -0.2) is 0 Å². The molecular weight excluding hydrogens is 372 g/mol. The van der Waals surface area contributed by atoms with E-state index in [9.17, 15) is 9.59 Å². The number of ether oxygens (including phenoxy) is 4. The van der Waals surface area contributed by atoms with Crippen molar-refractivity contribution in [3.8, 4) is 5.75 Å². The van der Waals surface area contributed by atoms with Gasteiger partial charge < -0.3 is 18.9 Å². The largest absolute Gasteiger partial charge is 0.496 e. The fourth-order valence-electron chi connectivity index (χ4n) is 6.41. The molecule has 3 atom stereocenters. The monoisotopic (exact) mass is 402 g/mol. The topological polar surface area (TPSA) is 71.1 Å². The maximum Gasteiger partial charge on any atom is 0.306 e. The quantitative estimate of drug-likeness (QED) is 0.724. The van der Waals surface area contributed by atoms with Crippen molar-refractivity contribution in [1.82, 2.24) is 0 Å². The van der Waals surface area contributed by atoms with Gasteiger partial charge in [-0.15, -0.1) is 0 Å². The van der Waals surface area contributed by atoms with E-state index in [0.29, 0.717) is 32.5 Å². The van der Waals surface area contributed by atoms with E-state index >= 15 is 0 Å². The second-order valence-corrected chi connectivity index (χ2v) is 9.35. The van der Waals surface area contributed by atoms with Crippen LogP contribution in [0.25, 0.3) is 0 Å². The summed E-state index contributed by atoms with van der Waals surface area (Å²) in [6.07, 6.45) is 1.54. The minimum absolute atomic E-state index is 0.140. The second kappa shape index (κ2) is 6.81. The van der Waals surface area contributed by atoms with Crippen molar-refractivity contribution < 1.29 is 28.5 Å². The number of esters is 1. The van der Waals surface area contributed by atoms with Crippen LogP contribution in [0.15, 0.2) is 12.1 Å². The maximum atomic E-state index is 13.5. The predicted molar refractivity (Wildman–Crippen MR) is 106 cm³/mol. The van der Waals surface area contributed by atoms with Gasteiger partial charge in [0.2, 0.25) is 0 Å². The highest BCUT2D eigenvalue weighted by molar-refractivity contribution is 5.90. The summed E-state index contributed by atoms with van der Waals surface area (Å²) < 4.78 is 22.9. The molecule has 1 heterocycles. The Bertz CT molecular complexity index is 855. The summed E-state index contributed by atoms with van der Waals surface area (Å²) in [4.78, 5) is 25.9. The standard InChI is InChI=1S/C23H30O6/c1-14-8-16-15(18(9-14)26-4)10-17(24)20-21(2,11-19(25)27-5)12-23(13-22(16,20)3)28-6-7-29-23/h8-9,20H,6-7,10-13H2,1-5H3/t20-,21-,22+/m1/s1. The Kier molecular flexibility index (Phi) is 4.78. The average Bonchev–Trinajstić information content (AvgIpc) is 3.07. The molecule has 6 nitrogen and oxygen atoms in total. The van der Waals surface area contributed by atoms with Crippen molar-refractivity contribution in [2.45, 2.75) is 57.7 Å². The first-order valence-corrected chi connectivity index (χ1v) is 10.2. The number of benzene rings is 1. The van der Waals surface area contributed by atoms with Gasteiger partial charge in [-0.2, -0.15) is 0 Å². The summed E-state index contributed by atoms with van der Waals surface area (Å²) in [5, 5.41) is 0. The van der Waals surface area contributed by atoms with Crippen molar-refractivity contribution in [2.24, 2.45) is 11.3 Å². The molecule has 0 bridgehead atoms. The van der Waals surface area contributed by atoms with Gasteiger partial charge in [0.25, 0.3) is 0 Å². The summed E-state index contributed by atoms with van der Waals surface area (Å²) in [5.74, 6) is -0.547. The van der Waals surface area contributed by atoms with Crippen molar-refractivity contribution in [3.05, 3.63) is 28.8 Å². The number of carbonyl (C=O) groups is 2. The van der Waals surface area contributed by atoms with E-state index in [1.54, 1.807) is 7.11 Å². The van der Waals surface area contributed by atoms with Gasteiger partial charge >= 0.3 is 5.97 Å². The number of aryl methyl sites for hydroxylation is 1. The molecule has 0 radical (unpaired) electrons. The van der Waals surface area contributed by atoms with Crippen molar-refractivity contribution >= 4 is 11.8 Å². The lowest BCUT2D eigenvalue weighted by Crippen LogP contribution is -2.61. The molecule has 6 heteroatoms. The molecule has 1 spiro atoms. The molecule has 2 fully saturated rings. The lowest BCUT2D eigenvalue weighted by molar-refractivity contribution is -0.231. The first kappa shape index (κ1) is 20.4. The molecule has 1 aliphatic heterocycles. The Morgan fingerprint density at radius 2 is 1.86 bits per heavy atom. The first-order valence-electron chi connectivity index (χ1n) is 10.2. The number of methoxy groups -OCH3 is 2. The number of ketones is 1. The summed E-state index contributed by atoms with van der Waals surface area (Å²) in [6, 6.07) is 4.13. The Morgan fingerprint density at radius 1 is 1.17 bits per heavy atom. The minimum Gasteiger partial charge on any atom is -0.496 e. The predicted octanol–water partition coefficient (Wildman–Crippen LogP) is 3.11. The molecule has 0 N–H and O–H groups in total. The molecule has 0 amide bonds. The summed E-state index contributed by atoms with van der Waals surface area (Å²) in [6.45, 7) is 7.20. The maximum absolute atomic E-state index is 13.5. The first-order chi connectivity index (χ1) is 13.7. The molecule has 1 saturated heterocycles. The molecular formula is C23H30O6. The molecule has 0 aromatic heterocycles. The van der Waals surface area contributed by atoms with Crippen molar-refractivity contribution in [2.75, 3.05) is 27.4 Å². The molecule has 1 aromatic carbocycles. The van der Waals surface area contributed by atoms with Crippen molar-refractivity contribution in [1.29, 1.82) is 0 Å². The van der Waals surface area contributed by atoms with Gasteiger partial charge in [-0.1, -0.05) is 19.9 Å². The minimum atomic E-state index is -0.792. The average molecular weight is 402 g/mol. The van der Waals surface area contributed by atoms with Crippen LogP contribution in [0.2, 0.25) is 0 Å². The van der Waals surface area contributed by atoms with Crippen LogP contribution in [0.5, 0.6) is 5.75 Å². The third kappa shape index (κ3) is 3.08. The van der Waals surface area contributed by atoms with Gasteiger partial charge in [0.05, 0.1) is 33.9 Å². The molecule has 29 heavy (non-hydrogen) atoms. The smallest absolute Gasteiger partial charge is 0.306 e. The van der Waals surface area contributed by atoms with Gasteiger partial charge in [0.15, 0.2) is 5.79 Å². The summed E-state index contributed by atoms with van der Waals surface area (Å²) in [5.41, 5.74) is 1.97. The van der Waals surface area contributed by atoms with Gasteiger partial charge in [0, 0.05) is 36.2 Å². The van der Waals surface area contributed by atoms with E-state index in [-0.39, 0.29) is 24.1 Å². The Hall–Kier alpha value is -1.92. The van der Waals surface area contributed by atoms with E-state index < -0.39 is 16.6 Å². The SMILES string of the molecule is COC(=O)C[C@]1(C)CC2(C[C@@]3(C)c4cc(C)cc(OC)c4CC(=O)[C@H]13)OCCO2. The van der Waals surface area contributed by atoms with Crippen molar-refractivity contribution in [3.63, 3.8) is 0 Å². The van der Waals surface area contributed by atoms with Crippen LogP contribution < -0.4 is 4.74 Å². The van der Waals surface area contributed by atoms with Crippen LogP contribution in [-0.2, 0) is 35.6 Å². The fourth-order valence-corrected chi connectivity index (χ4v) is 6.41. The molecule has 1 aromatic rings. The fraction of sp³-hybridized carbons (Fsp3) is 0.652. The lowest BCUT2D eigenvalue weighted by Gasteiger charge is -2.58. The zero-order chi connectivity index (χ0) is 21.0. The van der Waals surface area contributed by atoms with Gasteiger partial charge in [-0.3, -0.25) is 9.59 Å². The van der Waals surface area contributed by atoms with E-state index in [1.807, 2.05) is 19.9 Å². The number of hydrogen-bond donors (Lipinski definition) is 0. The number of carbonyl (C=O) groups excluding carboxylic acids is 2. The van der Waals surface area contributed by atoms with E-state index in [4.69, 9.17) is 18.9 Å². The van der Waals surface area contributed by atoms with Crippen LogP contribution in [-0.4, -0.2) is 45.0 Å². The van der Waals surface area contributed by atoms with Gasteiger partial charge in [0.1, 0.15) is 11.5 Å². The van der Waals surface area contributed by atoms with Gasteiger partial charge in [-0.05, 0) is 29.5 Å². The molecule has 158 valence electrons. The third-order valence-electron chi connectivity index (χ3n) is 7.09. The highest BCUT2D eigenvalue weighted by atomic mass is 16.7. The Labute approximate surface area is 171 Å². The number of rotatable bonds is 3. The van der Waals surface area contributed by atoms with Crippen LogP contribution >= 0.6 is 0 Å². The van der Waals surface area contributed by atoms with Crippen LogP contribution in [0, 0.1) is 18.3 Å². The molecule has 1 saturated carbocycles. The molecule has 2 aliphatic carbocycles. The number of hydrogen-bond acceptors (Lipinski definition) is 6.